The van der Waals surface area contributed by atoms with Gasteiger partial charge in [-0.25, -0.2) is 4.79 Å². The first kappa shape index (κ1) is 49.4. The Bertz CT molecular complexity index is 2790. The van der Waals surface area contributed by atoms with E-state index in [1.165, 1.54) is 24.8 Å². The number of phenols is 1. The molecule has 5 aromatic carbocycles. The van der Waals surface area contributed by atoms with Crippen LogP contribution < -0.4 is 25.7 Å². The van der Waals surface area contributed by atoms with Crippen LogP contribution in [0.1, 0.15) is 70.0 Å². The number of carbonyl (C=O) groups excluding carboxylic acids is 3. The Kier molecular flexibility index (Phi) is 16.3. The van der Waals surface area contributed by atoms with E-state index < -0.39 is 23.6 Å². The molecule has 6 aromatic rings. The fraction of sp³-hybridized carbons (Fsp3) is 0.345. The van der Waals surface area contributed by atoms with Crippen molar-refractivity contribution in [2.45, 2.75) is 50.5 Å². The van der Waals surface area contributed by atoms with Crippen molar-refractivity contribution in [2.75, 3.05) is 59.6 Å². The maximum Gasteiger partial charge on any atom is 0.347 e. The van der Waals surface area contributed by atoms with Gasteiger partial charge in [-0.15, -0.1) is 0 Å². The number of carbonyl (C=O) groups is 3. The predicted octanol–water partition coefficient (Wildman–Crippen LogP) is 5.80. The highest BCUT2D eigenvalue weighted by Crippen LogP contribution is 2.35. The van der Waals surface area contributed by atoms with Crippen molar-refractivity contribution in [2.24, 2.45) is 11.8 Å². The number of aliphatic hydroxyl groups is 2. The van der Waals surface area contributed by atoms with Crippen molar-refractivity contribution in [3.63, 3.8) is 0 Å². The van der Waals surface area contributed by atoms with E-state index in [4.69, 9.17) is 14.2 Å². The summed E-state index contributed by atoms with van der Waals surface area (Å²) in [6.45, 7) is 4.62. The van der Waals surface area contributed by atoms with Crippen molar-refractivity contribution in [3.05, 3.63) is 171 Å². The molecule has 1 aromatic heterocycles. The largest absolute Gasteiger partial charge is 0.506 e. The fourth-order valence-electron chi connectivity index (χ4n) is 9.31. The van der Waals surface area contributed by atoms with Crippen LogP contribution in [-0.2, 0) is 33.0 Å². The van der Waals surface area contributed by atoms with E-state index >= 15 is 0 Å². The van der Waals surface area contributed by atoms with E-state index in [2.05, 4.69) is 44.8 Å². The molecular weight excluding hydrogens is 891 g/mol. The molecule has 0 unspecified atom stereocenters. The number of benzene rings is 5. The molecule has 2 saturated heterocycles. The minimum absolute atomic E-state index is 0.0900. The van der Waals surface area contributed by atoms with Gasteiger partial charge in [0.1, 0.15) is 17.2 Å². The van der Waals surface area contributed by atoms with Crippen LogP contribution in [0.4, 0.5) is 0 Å². The number of aromatic nitrogens is 1. The van der Waals surface area contributed by atoms with Gasteiger partial charge in [-0.2, -0.15) is 0 Å². The number of phenolic OH excluding ortho intramolecular Hbond substituents is 1. The number of hydrogen-bond acceptors (Lipinski definition) is 12. The van der Waals surface area contributed by atoms with Crippen LogP contribution in [0.15, 0.2) is 132 Å². The summed E-state index contributed by atoms with van der Waals surface area (Å²) in [6.07, 6.45) is 2.24. The minimum Gasteiger partial charge on any atom is -0.506 e. The molecule has 0 spiro atoms. The number of amides is 2. The molecule has 6 N–H and O–H groups in total. The Morgan fingerprint density at radius 2 is 1.50 bits per heavy atom. The molecular formula is C55H61N5O10. The fourth-order valence-corrected chi connectivity index (χ4v) is 9.31. The lowest BCUT2D eigenvalue weighted by molar-refractivity contribution is -0.164. The number of fused-ring (bicyclic) bond motifs is 1. The summed E-state index contributed by atoms with van der Waals surface area (Å²) >= 11 is 0. The second kappa shape index (κ2) is 23.0. The third-order valence-electron chi connectivity index (χ3n) is 13.5. The van der Waals surface area contributed by atoms with Crippen molar-refractivity contribution >= 4 is 28.7 Å². The Hall–Kier alpha value is -7.04. The molecule has 8 rings (SSSR count). The topological polar surface area (TPSA) is 203 Å². The number of nitrogens with zero attached hydrogens (tertiary/aromatic N) is 2. The van der Waals surface area contributed by atoms with Crippen molar-refractivity contribution < 1.29 is 43.9 Å². The van der Waals surface area contributed by atoms with Gasteiger partial charge >= 0.3 is 5.97 Å². The van der Waals surface area contributed by atoms with Crippen molar-refractivity contribution in [1.82, 2.24) is 25.4 Å². The van der Waals surface area contributed by atoms with Crippen LogP contribution in [0.5, 0.6) is 17.2 Å². The van der Waals surface area contributed by atoms with E-state index in [1.807, 2.05) is 12.1 Å². The van der Waals surface area contributed by atoms with Crippen LogP contribution in [-0.4, -0.2) is 107 Å². The van der Waals surface area contributed by atoms with Gasteiger partial charge in [0.25, 0.3) is 5.91 Å². The van der Waals surface area contributed by atoms with Gasteiger partial charge in [0.05, 0.1) is 38.5 Å². The number of pyridine rings is 1. The van der Waals surface area contributed by atoms with E-state index in [1.54, 1.807) is 83.8 Å². The first-order valence-electron chi connectivity index (χ1n) is 23.9. The number of aliphatic hydroxyl groups excluding tert-OH is 1. The summed E-state index contributed by atoms with van der Waals surface area (Å²) in [5.74, 6) is -0.122. The third kappa shape index (κ3) is 12.0. The number of aromatic hydroxyl groups is 1. The van der Waals surface area contributed by atoms with Gasteiger partial charge in [-0.3, -0.25) is 19.3 Å². The van der Waals surface area contributed by atoms with Crippen LogP contribution in [0.2, 0.25) is 0 Å². The maximum atomic E-state index is 13.9. The average Bonchev–Trinajstić information content (AvgIpc) is 3.40. The molecule has 2 aliphatic heterocycles. The maximum absolute atomic E-state index is 13.9. The number of ether oxygens (including phenoxy) is 3. The van der Waals surface area contributed by atoms with Crippen LogP contribution in [0.3, 0.4) is 0 Å². The van der Waals surface area contributed by atoms with E-state index in [0.29, 0.717) is 78.2 Å². The lowest BCUT2D eigenvalue weighted by atomic mass is 9.86. The zero-order valence-corrected chi connectivity index (χ0v) is 39.3. The Labute approximate surface area is 407 Å². The number of hydrogen-bond donors (Lipinski definition) is 6. The molecule has 3 heterocycles. The average molecular weight is 952 g/mol. The second-order valence-electron chi connectivity index (χ2n) is 18.2. The van der Waals surface area contributed by atoms with Crippen molar-refractivity contribution in [3.8, 4) is 17.2 Å². The lowest BCUT2D eigenvalue weighted by Crippen LogP contribution is -2.44. The quantitative estimate of drug-likeness (QED) is 0.0534. The number of piperidine rings is 2. The number of aromatic amines is 1. The highest BCUT2D eigenvalue weighted by molar-refractivity contribution is 5.97. The van der Waals surface area contributed by atoms with Crippen LogP contribution in [0, 0.1) is 11.8 Å². The summed E-state index contributed by atoms with van der Waals surface area (Å²) in [5.41, 5.74) is 1.48. The van der Waals surface area contributed by atoms with E-state index in [9.17, 15) is 34.5 Å². The number of likely N-dealkylation sites (tertiary alicyclic amines) is 2. The standard InChI is InChI=1S/C55H61N5O10/c1-68-49-29-40(15-16-41(49)31-56-32-48(62)45-17-19-47(61)52-46(45)18-20-50(63)58-52)53(65)57-33-51(64)60-27-23-39(24-28-60)35-69-44-14-8-13-43(30-44)55(67,42-11-6-3-7-12-42)54(66)70-36-38-21-25-59(26-22-38)34-37-9-4-2-5-10-37/h2-20,29-30,38-39,48,56,61-62,67H,21-28,31-36H2,1H3,(H,57,65)(H,58,63)/t48-,55-/m0/s1. The second-order valence-corrected chi connectivity index (χ2v) is 18.2. The summed E-state index contributed by atoms with van der Waals surface area (Å²) in [7, 11) is 1.50. The van der Waals surface area contributed by atoms with Crippen LogP contribution >= 0.6 is 0 Å². The molecule has 0 saturated carbocycles. The Morgan fingerprint density at radius 3 is 2.24 bits per heavy atom. The smallest absolute Gasteiger partial charge is 0.347 e. The van der Waals surface area contributed by atoms with Crippen molar-refractivity contribution in [1.29, 1.82) is 0 Å². The minimum atomic E-state index is -2.05. The molecule has 0 radical (unpaired) electrons. The summed E-state index contributed by atoms with van der Waals surface area (Å²) < 4.78 is 17.7. The number of methoxy groups -OCH3 is 1. The highest BCUT2D eigenvalue weighted by atomic mass is 16.6. The SMILES string of the molecule is COc1cc(C(=O)NCC(=O)N2CCC(COc3cccc([C@](O)(C(=O)OCC4CCN(Cc5ccccc5)CC4)c4ccccc4)c3)CC2)ccc1CNC[C@H](O)c1ccc(O)c2[nH]c(=O)ccc12. The van der Waals surface area contributed by atoms with Gasteiger partial charge in [0, 0.05) is 60.9 Å². The summed E-state index contributed by atoms with van der Waals surface area (Å²) in [4.78, 5) is 58.9. The van der Waals surface area contributed by atoms with Gasteiger partial charge in [0.15, 0.2) is 0 Å². The molecule has 15 nitrogen and oxygen atoms in total. The van der Waals surface area contributed by atoms with Gasteiger partial charge in [0.2, 0.25) is 17.1 Å². The molecule has 2 aliphatic rings. The molecule has 70 heavy (non-hydrogen) atoms. The first-order chi connectivity index (χ1) is 34.0. The van der Waals surface area contributed by atoms with E-state index in [-0.39, 0.29) is 54.3 Å². The summed E-state index contributed by atoms with van der Waals surface area (Å²) in [6, 6.07) is 37.1. The monoisotopic (exact) mass is 951 g/mol. The Balaban J connectivity index is 0.779. The molecule has 2 fully saturated rings. The van der Waals surface area contributed by atoms with Gasteiger partial charge in [-0.05, 0) is 104 Å². The van der Waals surface area contributed by atoms with Gasteiger partial charge in [-0.1, -0.05) is 84.9 Å². The zero-order chi connectivity index (χ0) is 49.0. The molecule has 366 valence electrons. The number of nitrogens with one attached hydrogen (secondary N) is 3. The lowest BCUT2D eigenvalue weighted by Gasteiger charge is -2.33. The third-order valence-corrected chi connectivity index (χ3v) is 13.5. The number of esters is 1. The predicted molar refractivity (Wildman–Crippen MR) is 264 cm³/mol. The Morgan fingerprint density at radius 1 is 0.800 bits per heavy atom. The zero-order valence-electron chi connectivity index (χ0n) is 39.3. The molecule has 2 atom stereocenters. The normalized spacial score (nSPS) is 16.0. The number of rotatable bonds is 19. The van der Waals surface area contributed by atoms with Crippen LogP contribution in [0.25, 0.3) is 10.9 Å². The van der Waals surface area contributed by atoms with E-state index in [0.717, 1.165) is 38.0 Å². The molecule has 15 heteroatoms. The number of H-pyrrole nitrogens is 1. The molecule has 2 amide bonds. The first-order valence-corrected chi connectivity index (χ1v) is 23.9. The molecule has 0 bridgehead atoms. The summed E-state index contributed by atoms with van der Waals surface area (Å²) in [5, 5.41) is 39.8. The van der Waals surface area contributed by atoms with Gasteiger partial charge < -0.3 is 50.0 Å². The highest BCUT2D eigenvalue weighted by Gasteiger charge is 2.42. The molecule has 0 aliphatic carbocycles.